The highest BCUT2D eigenvalue weighted by molar-refractivity contribution is 5.85. The van der Waals surface area contributed by atoms with Crippen LogP contribution in [-0.4, -0.2) is 12.2 Å². The first-order chi connectivity index (χ1) is 4.70. The van der Waals surface area contributed by atoms with Gasteiger partial charge in [0.2, 0.25) is 0 Å². The summed E-state index contributed by atoms with van der Waals surface area (Å²) >= 11 is 0. The minimum atomic E-state index is -0.498. The van der Waals surface area contributed by atoms with E-state index in [1.165, 1.54) is 6.08 Å². The van der Waals surface area contributed by atoms with Crippen molar-refractivity contribution in [1.29, 1.82) is 0 Å². The van der Waals surface area contributed by atoms with E-state index in [1.54, 1.807) is 6.92 Å². The van der Waals surface area contributed by atoms with Crippen LogP contribution in [0.1, 0.15) is 20.8 Å². The average Bonchev–Trinajstić information content (AvgIpc) is 2.16. The maximum Gasteiger partial charge on any atom is 0.332 e. The lowest BCUT2D eigenvalue weighted by Crippen LogP contribution is -2.21. The Hall–Kier alpha value is -0.830. The topological polar surface area (TPSA) is 52.3 Å². The highest BCUT2D eigenvalue weighted by atomic mass is 16.6. The van der Waals surface area contributed by atoms with Crippen LogP contribution in [0.5, 0.6) is 0 Å². The minimum Gasteiger partial charge on any atom is -0.440 e. The van der Waals surface area contributed by atoms with E-state index < -0.39 is 6.23 Å². The van der Waals surface area contributed by atoms with Crippen molar-refractivity contribution < 1.29 is 9.53 Å². The Balaban J connectivity index is 0.000000371. The standard InChI is InChI=1S/C5H7NO2.C2H6/c1-3-2-4(7)8-5(3)6;1-2/h2,5H,6H2,1H3;1-2H3. The Labute approximate surface area is 60.9 Å². The number of carbonyl (C=O) groups is 1. The molecule has 1 rings (SSSR count). The lowest BCUT2D eigenvalue weighted by Gasteiger charge is -2.01. The Morgan fingerprint density at radius 1 is 1.60 bits per heavy atom. The van der Waals surface area contributed by atoms with Crippen LogP contribution in [0.25, 0.3) is 0 Å². The summed E-state index contributed by atoms with van der Waals surface area (Å²) in [5.74, 6) is -0.338. The van der Waals surface area contributed by atoms with Gasteiger partial charge in [-0.3, -0.25) is 5.73 Å². The normalized spacial score (nSPS) is 22.6. The Kier molecular flexibility index (Phi) is 3.72. The zero-order chi connectivity index (χ0) is 8.15. The summed E-state index contributed by atoms with van der Waals surface area (Å²) in [7, 11) is 0. The molecule has 1 heterocycles. The number of cyclic esters (lactones) is 1. The fraction of sp³-hybridized carbons (Fsp3) is 0.571. The van der Waals surface area contributed by atoms with Crippen LogP contribution in [0.15, 0.2) is 11.6 Å². The summed E-state index contributed by atoms with van der Waals surface area (Å²) in [6.07, 6.45) is 0.896. The van der Waals surface area contributed by atoms with Crippen molar-refractivity contribution >= 4 is 5.97 Å². The zero-order valence-corrected chi connectivity index (χ0v) is 6.55. The average molecular weight is 143 g/mol. The molecule has 0 aromatic rings. The van der Waals surface area contributed by atoms with Crippen molar-refractivity contribution in [2.75, 3.05) is 0 Å². The summed E-state index contributed by atoms with van der Waals surface area (Å²) in [6.45, 7) is 5.76. The van der Waals surface area contributed by atoms with E-state index in [0.717, 1.165) is 5.57 Å². The number of esters is 1. The molecule has 0 bridgehead atoms. The lowest BCUT2D eigenvalue weighted by atomic mass is 10.3. The van der Waals surface area contributed by atoms with Gasteiger partial charge in [-0.05, 0) is 12.5 Å². The quantitative estimate of drug-likeness (QED) is 0.510. The van der Waals surface area contributed by atoms with Crippen molar-refractivity contribution in [1.82, 2.24) is 0 Å². The number of carbonyl (C=O) groups excluding carboxylic acids is 1. The third-order valence-electron chi connectivity index (χ3n) is 1.04. The Morgan fingerprint density at radius 2 is 2.10 bits per heavy atom. The summed E-state index contributed by atoms with van der Waals surface area (Å²) in [5.41, 5.74) is 6.04. The highest BCUT2D eigenvalue weighted by Gasteiger charge is 2.17. The van der Waals surface area contributed by atoms with Crippen molar-refractivity contribution in [3.8, 4) is 0 Å². The predicted octanol–water partition coefficient (Wildman–Crippen LogP) is 0.800. The van der Waals surface area contributed by atoms with Gasteiger partial charge in [-0.1, -0.05) is 13.8 Å². The molecule has 1 unspecified atom stereocenters. The van der Waals surface area contributed by atoms with Gasteiger partial charge in [0.05, 0.1) is 0 Å². The second-order valence-electron chi connectivity index (χ2n) is 1.75. The molecule has 0 saturated carbocycles. The maximum atomic E-state index is 10.3. The summed E-state index contributed by atoms with van der Waals surface area (Å²) < 4.78 is 4.52. The first-order valence-corrected chi connectivity index (χ1v) is 3.34. The SMILES string of the molecule is CC.CC1=CC(=O)OC1N. The van der Waals surface area contributed by atoms with E-state index in [1.807, 2.05) is 13.8 Å². The third-order valence-corrected chi connectivity index (χ3v) is 1.04. The van der Waals surface area contributed by atoms with E-state index >= 15 is 0 Å². The monoisotopic (exact) mass is 143 g/mol. The zero-order valence-electron chi connectivity index (χ0n) is 6.55. The van der Waals surface area contributed by atoms with E-state index in [9.17, 15) is 4.79 Å². The highest BCUT2D eigenvalue weighted by Crippen LogP contribution is 2.08. The van der Waals surface area contributed by atoms with Crippen molar-refractivity contribution in [2.24, 2.45) is 5.73 Å². The fourth-order valence-electron chi connectivity index (χ4n) is 0.520. The van der Waals surface area contributed by atoms with Gasteiger partial charge < -0.3 is 4.74 Å². The molecule has 0 amide bonds. The number of nitrogens with two attached hydrogens (primary N) is 1. The molecule has 0 aromatic heterocycles. The molecule has 10 heavy (non-hydrogen) atoms. The molecule has 0 saturated heterocycles. The molecule has 1 aliphatic rings. The third kappa shape index (κ3) is 2.19. The first-order valence-electron chi connectivity index (χ1n) is 3.34. The van der Waals surface area contributed by atoms with Gasteiger partial charge in [0.1, 0.15) is 0 Å². The number of rotatable bonds is 0. The molecule has 0 spiro atoms. The van der Waals surface area contributed by atoms with Crippen molar-refractivity contribution in [2.45, 2.75) is 27.0 Å². The molecule has 0 radical (unpaired) electrons. The van der Waals surface area contributed by atoms with Gasteiger partial charge in [-0.2, -0.15) is 0 Å². The van der Waals surface area contributed by atoms with E-state index in [0.29, 0.717) is 0 Å². The van der Waals surface area contributed by atoms with Crippen LogP contribution in [0.3, 0.4) is 0 Å². The molecular formula is C7H13NO2. The smallest absolute Gasteiger partial charge is 0.332 e. The van der Waals surface area contributed by atoms with E-state index in [2.05, 4.69) is 4.74 Å². The van der Waals surface area contributed by atoms with E-state index in [4.69, 9.17) is 5.73 Å². The number of hydrogen-bond acceptors (Lipinski definition) is 3. The summed E-state index contributed by atoms with van der Waals surface area (Å²) in [5, 5.41) is 0. The second-order valence-corrected chi connectivity index (χ2v) is 1.75. The molecular weight excluding hydrogens is 130 g/mol. The molecule has 0 fully saturated rings. The molecule has 1 aliphatic heterocycles. The molecule has 0 aliphatic carbocycles. The second kappa shape index (κ2) is 4.06. The van der Waals surface area contributed by atoms with E-state index in [-0.39, 0.29) is 5.97 Å². The van der Waals surface area contributed by atoms with Gasteiger partial charge in [0.15, 0.2) is 6.23 Å². The number of ether oxygens (including phenoxy) is 1. The molecule has 3 heteroatoms. The summed E-state index contributed by atoms with van der Waals surface area (Å²) in [4.78, 5) is 10.3. The Morgan fingerprint density at radius 3 is 2.20 bits per heavy atom. The van der Waals surface area contributed by atoms with Crippen LogP contribution < -0.4 is 5.73 Å². The molecule has 58 valence electrons. The molecule has 1 atom stereocenters. The van der Waals surface area contributed by atoms with Crippen LogP contribution in [0, 0.1) is 0 Å². The van der Waals surface area contributed by atoms with Crippen LogP contribution in [0.4, 0.5) is 0 Å². The largest absolute Gasteiger partial charge is 0.440 e. The van der Waals surface area contributed by atoms with Gasteiger partial charge in [0.25, 0.3) is 0 Å². The summed E-state index contributed by atoms with van der Waals surface area (Å²) in [6, 6.07) is 0. The minimum absolute atomic E-state index is 0.338. The van der Waals surface area contributed by atoms with Crippen molar-refractivity contribution in [3.05, 3.63) is 11.6 Å². The maximum absolute atomic E-state index is 10.3. The van der Waals surface area contributed by atoms with Gasteiger partial charge in [-0.15, -0.1) is 0 Å². The molecule has 0 aromatic carbocycles. The number of hydrogen-bond donors (Lipinski definition) is 1. The predicted molar refractivity (Wildman–Crippen MR) is 39.2 cm³/mol. The van der Waals surface area contributed by atoms with Crippen LogP contribution >= 0.6 is 0 Å². The lowest BCUT2D eigenvalue weighted by molar-refractivity contribution is -0.138. The van der Waals surface area contributed by atoms with Gasteiger partial charge in [-0.25, -0.2) is 4.79 Å². The van der Waals surface area contributed by atoms with Gasteiger partial charge >= 0.3 is 5.97 Å². The molecule has 2 N–H and O–H groups in total. The van der Waals surface area contributed by atoms with Gasteiger partial charge in [0, 0.05) is 6.08 Å². The van der Waals surface area contributed by atoms with Crippen LogP contribution in [-0.2, 0) is 9.53 Å². The van der Waals surface area contributed by atoms with Crippen LogP contribution in [0.2, 0.25) is 0 Å². The fourth-order valence-corrected chi connectivity index (χ4v) is 0.520. The molecule has 3 nitrogen and oxygen atoms in total. The van der Waals surface area contributed by atoms with Crippen molar-refractivity contribution in [3.63, 3.8) is 0 Å². The Bertz CT molecular complexity index is 152. The first kappa shape index (κ1) is 9.17.